The summed E-state index contributed by atoms with van der Waals surface area (Å²) in [5.41, 5.74) is 1.28. The minimum absolute atomic E-state index is 0.155. The summed E-state index contributed by atoms with van der Waals surface area (Å²) in [6.07, 6.45) is 4.00. The highest BCUT2D eigenvalue weighted by Gasteiger charge is 2.27. The number of nitrogens with one attached hydrogen (secondary N) is 1. The van der Waals surface area contributed by atoms with Gasteiger partial charge in [0.15, 0.2) is 0 Å². The first kappa shape index (κ1) is 16.5. The normalized spacial score (nSPS) is 22.2. The quantitative estimate of drug-likeness (QED) is 0.833. The van der Waals surface area contributed by atoms with Gasteiger partial charge in [0.25, 0.3) is 0 Å². The fourth-order valence-electron chi connectivity index (χ4n) is 3.01. The van der Waals surface area contributed by atoms with E-state index in [0.29, 0.717) is 12.5 Å². The van der Waals surface area contributed by atoms with Crippen molar-refractivity contribution in [2.75, 3.05) is 20.3 Å². The lowest BCUT2D eigenvalue weighted by molar-refractivity contribution is -0.0822. The molecule has 1 N–H and O–H groups in total. The average Bonchev–Trinajstić information content (AvgIpc) is 2.53. The minimum Gasteiger partial charge on any atom is -0.376 e. The summed E-state index contributed by atoms with van der Waals surface area (Å²) in [5.74, 6) is 0.450. The molecule has 1 aromatic carbocycles. The maximum atomic E-state index is 6.26. The predicted molar refractivity (Wildman–Crippen MR) is 86.4 cm³/mol. The molecule has 0 amide bonds. The zero-order valence-corrected chi connectivity index (χ0v) is 13.5. The van der Waals surface area contributed by atoms with Gasteiger partial charge in [-0.05, 0) is 37.8 Å². The first-order valence-corrected chi connectivity index (χ1v) is 8.17. The number of likely N-dealkylation sites (N-methyl/N-ethyl adjacent to an activating group) is 1. The van der Waals surface area contributed by atoms with Crippen LogP contribution in [-0.4, -0.2) is 32.5 Å². The van der Waals surface area contributed by atoms with Crippen LogP contribution in [0.15, 0.2) is 30.3 Å². The molecule has 0 aliphatic carbocycles. The van der Waals surface area contributed by atoms with E-state index in [1.54, 1.807) is 0 Å². The summed E-state index contributed by atoms with van der Waals surface area (Å²) < 4.78 is 12.0. The van der Waals surface area contributed by atoms with E-state index in [-0.39, 0.29) is 18.2 Å². The van der Waals surface area contributed by atoms with Crippen LogP contribution in [0, 0.1) is 5.92 Å². The summed E-state index contributed by atoms with van der Waals surface area (Å²) >= 11 is 0. The molecule has 1 aromatic rings. The van der Waals surface area contributed by atoms with Gasteiger partial charge < -0.3 is 14.8 Å². The van der Waals surface area contributed by atoms with Gasteiger partial charge in [0.05, 0.1) is 24.9 Å². The Morgan fingerprint density at radius 1 is 1.24 bits per heavy atom. The molecular formula is C18H29NO2. The molecule has 1 fully saturated rings. The van der Waals surface area contributed by atoms with E-state index in [1.807, 2.05) is 7.05 Å². The molecule has 3 atom stereocenters. The van der Waals surface area contributed by atoms with Crippen LogP contribution in [0.4, 0.5) is 0 Å². The monoisotopic (exact) mass is 291 g/mol. The van der Waals surface area contributed by atoms with Gasteiger partial charge in [0.1, 0.15) is 0 Å². The molecule has 21 heavy (non-hydrogen) atoms. The van der Waals surface area contributed by atoms with Gasteiger partial charge in [-0.2, -0.15) is 0 Å². The first-order valence-electron chi connectivity index (χ1n) is 8.17. The highest BCUT2D eigenvalue weighted by molar-refractivity contribution is 5.20. The van der Waals surface area contributed by atoms with Crippen LogP contribution in [0.1, 0.15) is 44.7 Å². The topological polar surface area (TPSA) is 30.5 Å². The molecule has 3 nitrogen and oxygen atoms in total. The summed E-state index contributed by atoms with van der Waals surface area (Å²) in [6.45, 7) is 6.03. The van der Waals surface area contributed by atoms with E-state index in [0.717, 1.165) is 13.0 Å². The molecule has 3 heteroatoms. The van der Waals surface area contributed by atoms with Crippen LogP contribution in [0.25, 0.3) is 0 Å². The van der Waals surface area contributed by atoms with Crippen LogP contribution < -0.4 is 5.32 Å². The van der Waals surface area contributed by atoms with E-state index in [4.69, 9.17) is 9.47 Å². The molecule has 0 aromatic heterocycles. The molecule has 3 unspecified atom stereocenters. The van der Waals surface area contributed by atoms with Gasteiger partial charge in [-0.25, -0.2) is 0 Å². The van der Waals surface area contributed by atoms with E-state index in [1.165, 1.54) is 18.4 Å². The van der Waals surface area contributed by atoms with Crippen LogP contribution in [0.2, 0.25) is 0 Å². The summed E-state index contributed by atoms with van der Waals surface area (Å²) in [4.78, 5) is 0. The van der Waals surface area contributed by atoms with Crippen molar-refractivity contribution in [2.45, 2.75) is 51.4 Å². The van der Waals surface area contributed by atoms with Crippen LogP contribution in [-0.2, 0) is 9.47 Å². The lowest BCUT2D eigenvalue weighted by atomic mass is 9.93. The Labute approximate surface area is 129 Å². The molecule has 0 bridgehead atoms. The second kappa shape index (κ2) is 8.52. The lowest BCUT2D eigenvalue weighted by Gasteiger charge is -2.32. The van der Waals surface area contributed by atoms with E-state index in [9.17, 15) is 0 Å². The smallest absolute Gasteiger partial charge is 0.0808 e. The number of hydrogen-bond acceptors (Lipinski definition) is 3. The Balaban J connectivity index is 1.99. The van der Waals surface area contributed by atoms with Gasteiger partial charge in [-0.3, -0.25) is 0 Å². The van der Waals surface area contributed by atoms with Gasteiger partial charge in [0.2, 0.25) is 0 Å². The minimum atomic E-state index is 0.155. The van der Waals surface area contributed by atoms with E-state index >= 15 is 0 Å². The van der Waals surface area contributed by atoms with Gasteiger partial charge in [-0.1, -0.05) is 44.2 Å². The second-order valence-electron chi connectivity index (χ2n) is 6.21. The van der Waals surface area contributed by atoms with Crippen molar-refractivity contribution in [2.24, 2.45) is 5.92 Å². The van der Waals surface area contributed by atoms with Gasteiger partial charge in [-0.15, -0.1) is 0 Å². The molecule has 2 rings (SSSR count). The van der Waals surface area contributed by atoms with Crippen molar-refractivity contribution in [3.63, 3.8) is 0 Å². The zero-order chi connectivity index (χ0) is 15.1. The maximum Gasteiger partial charge on any atom is 0.0808 e. The fourth-order valence-corrected chi connectivity index (χ4v) is 3.01. The molecule has 0 spiro atoms. The highest BCUT2D eigenvalue weighted by atomic mass is 16.5. The summed E-state index contributed by atoms with van der Waals surface area (Å²) in [6, 6.07) is 10.8. The van der Waals surface area contributed by atoms with Crippen LogP contribution >= 0.6 is 0 Å². The van der Waals surface area contributed by atoms with E-state index in [2.05, 4.69) is 49.5 Å². The Hall–Kier alpha value is -0.900. The zero-order valence-electron chi connectivity index (χ0n) is 13.5. The summed E-state index contributed by atoms with van der Waals surface area (Å²) in [7, 11) is 2.01. The fraction of sp³-hybridized carbons (Fsp3) is 0.667. The van der Waals surface area contributed by atoms with E-state index < -0.39 is 0 Å². The SMILES string of the molecule is CNC(c1ccccc1)C(OCC1CCCCO1)C(C)C. The number of benzene rings is 1. The van der Waals surface area contributed by atoms with Crippen molar-refractivity contribution in [3.05, 3.63) is 35.9 Å². The van der Waals surface area contributed by atoms with Crippen molar-refractivity contribution < 1.29 is 9.47 Å². The predicted octanol–water partition coefficient (Wildman–Crippen LogP) is 3.56. The van der Waals surface area contributed by atoms with Gasteiger partial charge in [0, 0.05) is 6.61 Å². The lowest BCUT2D eigenvalue weighted by Crippen LogP contribution is -2.38. The molecule has 1 aliphatic rings. The third-order valence-corrected chi connectivity index (χ3v) is 4.20. The molecule has 1 heterocycles. The third-order valence-electron chi connectivity index (χ3n) is 4.20. The molecule has 1 aliphatic heterocycles. The van der Waals surface area contributed by atoms with Crippen LogP contribution in [0.3, 0.4) is 0 Å². The average molecular weight is 291 g/mol. The Morgan fingerprint density at radius 3 is 2.57 bits per heavy atom. The highest BCUT2D eigenvalue weighted by Crippen LogP contribution is 2.25. The Kier molecular flexibility index (Phi) is 6.68. The van der Waals surface area contributed by atoms with Crippen molar-refractivity contribution in [1.82, 2.24) is 5.32 Å². The maximum absolute atomic E-state index is 6.26. The number of ether oxygens (including phenoxy) is 2. The Bertz CT molecular complexity index is 387. The molecular weight excluding hydrogens is 262 g/mol. The summed E-state index contributed by atoms with van der Waals surface area (Å²) in [5, 5.41) is 3.42. The molecule has 0 radical (unpaired) electrons. The standard InChI is InChI=1S/C18H29NO2/c1-14(2)18(21-13-16-11-7-8-12-20-16)17(19-3)15-9-5-4-6-10-15/h4-6,9-10,14,16-19H,7-8,11-13H2,1-3H3. The molecule has 118 valence electrons. The largest absolute Gasteiger partial charge is 0.376 e. The van der Waals surface area contributed by atoms with Crippen molar-refractivity contribution in [3.8, 4) is 0 Å². The number of rotatable bonds is 7. The molecule has 1 saturated heterocycles. The van der Waals surface area contributed by atoms with Crippen molar-refractivity contribution in [1.29, 1.82) is 0 Å². The van der Waals surface area contributed by atoms with Crippen molar-refractivity contribution >= 4 is 0 Å². The first-order chi connectivity index (χ1) is 10.2. The van der Waals surface area contributed by atoms with Gasteiger partial charge >= 0.3 is 0 Å². The second-order valence-corrected chi connectivity index (χ2v) is 6.21. The molecule has 0 saturated carbocycles. The third kappa shape index (κ3) is 4.80. The Morgan fingerprint density at radius 2 is 2.00 bits per heavy atom. The van der Waals surface area contributed by atoms with Crippen LogP contribution in [0.5, 0.6) is 0 Å². The number of hydrogen-bond donors (Lipinski definition) is 1.